The van der Waals surface area contributed by atoms with Gasteiger partial charge in [-0.15, -0.1) is 0 Å². The van der Waals surface area contributed by atoms with E-state index < -0.39 is 18.3 Å². The summed E-state index contributed by atoms with van der Waals surface area (Å²) in [5.41, 5.74) is 2.94. The van der Waals surface area contributed by atoms with Gasteiger partial charge in [0.25, 0.3) is 0 Å². The number of nitrogens with zero attached hydrogens (tertiary/aromatic N) is 1. The summed E-state index contributed by atoms with van der Waals surface area (Å²) < 4.78 is 17.6. The summed E-state index contributed by atoms with van der Waals surface area (Å²) in [6.45, 7) is 8.01. The molecule has 0 aliphatic carbocycles. The molecule has 2 heterocycles. The molecule has 33 heavy (non-hydrogen) atoms. The second-order valence-electron chi connectivity index (χ2n) is 8.88. The van der Waals surface area contributed by atoms with Crippen LogP contribution < -0.4 is 10.2 Å². The highest BCUT2D eigenvalue weighted by molar-refractivity contribution is 6.66. The minimum atomic E-state index is -0.591. The van der Waals surface area contributed by atoms with E-state index in [-0.39, 0.29) is 5.88 Å². The molecule has 0 bridgehead atoms. The molecule has 0 N–H and O–H groups in total. The first kappa shape index (κ1) is 23.8. The Morgan fingerprint density at radius 3 is 2.06 bits per heavy atom. The SMILES string of the molecule is COc1nc(-c2cccc(-c3cccc(B4OC(C)(C)C(C)(C)O4)c3Cl)c2Cl)ccc1C=O. The molecule has 0 spiro atoms. The first-order chi connectivity index (χ1) is 15.6. The van der Waals surface area contributed by atoms with Gasteiger partial charge in [0.15, 0.2) is 6.29 Å². The Bertz CT molecular complexity index is 1210. The van der Waals surface area contributed by atoms with Crippen LogP contribution in [0.3, 0.4) is 0 Å². The summed E-state index contributed by atoms with van der Waals surface area (Å²) in [4.78, 5) is 15.7. The highest BCUT2D eigenvalue weighted by atomic mass is 35.5. The van der Waals surface area contributed by atoms with E-state index in [1.54, 1.807) is 12.1 Å². The number of aromatic nitrogens is 1. The number of hydrogen-bond acceptors (Lipinski definition) is 5. The van der Waals surface area contributed by atoms with Crippen LogP contribution in [0.1, 0.15) is 38.1 Å². The zero-order valence-corrected chi connectivity index (χ0v) is 20.6. The maximum Gasteiger partial charge on any atom is 0.496 e. The van der Waals surface area contributed by atoms with E-state index >= 15 is 0 Å². The summed E-state index contributed by atoms with van der Waals surface area (Å²) in [5.74, 6) is 0.241. The van der Waals surface area contributed by atoms with Crippen molar-refractivity contribution in [1.82, 2.24) is 4.98 Å². The van der Waals surface area contributed by atoms with Crippen LogP contribution in [0.5, 0.6) is 5.88 Å². The Morgan fingerprint density at radius 1 is 0.879 bits per heavy atom. The molecular formula is C25H24BCl2NO4. The van der Waals surface area contributed by atoms with Gasteiger partial charge in [-0.25, -0.2) is 4.98 Å². The topological polar surface area (TPSA) is 57.6 Å². The second-order valence-corrected chi connectivity index (χ2v) is 9.63. The quantitative estimate of drug-likeness (QED) is 0.337. The Kier molecular flexibility index (Phi) is 6.31. The Morgan fingerprint density at radius 2 is 1.45 bits per heavy atom. The second kappa shape index (κ2) is 8.77. The van der Waals surface area contributed by atoms with Gasteiger partial charge in [-0.2, -0.15) is 0 Å². The third kappa shape index (κ3) is 4.17. The fraction of sp³-hybridized carbons (Fsp3) is 0.280. The lowest BCUT2D eigenvalue weighted by molar-refractivity contribution is 0.00578. The van der Waals surface area contributed by atoms with Crippen LogP contribution in [0.15, 0.2) is 48.5 Å². The lowest BCUT2D eigenvalue weighted by atomic mass is 9.77. The van der Waals surface area contributed by atoms with Gasteiger partial charge in [-0.05, 0) is 39.8 Å². The fourth-order valence-corrected chi connectivity index (χ4v) is 4.34. The van der Waals surface area contributed by atoms with E-state index in [1.165, 1.54) is 7.11 Å². The number of halogens is 2. The van der Waals surface area contributed by atoms with E-state index in [0.717, 1.165) is 16.6 Å². The van der Waals surface area contributed by atoms with Crippen LogP contribution in [0.2, 0.25) is 10.0 Å². The number of hydrogen-bond donors (Lipinski definition) is 0. The molecule has 1 aromatic heterocycles. The summed E-state index contributed by atoms with van der Waals surface area (Å²) in [5, 5.41) is 0.996. The molecule has 8 heteroatoms. The van der Waals surface area contributed by atoms with Crippen molar-refractivity contribution in [3.8, 4) is 28.3 Å². The minimum absolute atomic E-state index is 0.241. The smallest absolute Gasteiger partial charge is 0.480 e. The predicted molar refractivity (Wildman–Crippen MR) is 133 cm³/mol. The van der Waals surface area contributed by atoms with Crippen LogP contribution >= 0.6 is 23.2 Å². The Balaban J connectivity index is 1.78. The van der Waals surface area contributed by atoms with E-state index in [0.29, 0.717) is 33.2 Å². The summed E-state index contributed by atoms with van der Waals surface area (Å²) in [7, 11) is 0.879. The molecule has 3 aromatic rings. The fourth-order valence-electron chi connectivity index (χ4n) is 3.70. The number of rotatable bonds is 5. The van der Waals surface area contributed by atoms with Crippen LogP contribution in [0, 0.1) is 0 Å². The van der Waals surface area contributed by atoms with Crippen molar-refractivity contribution in [1.29, 1.82) is 0 Å². The van der Waals surface area contributed by atoms with Crippen LogP contribution in [0.4, 0.5) is 0 Å². The number of carbonyl (C=O) groups is 1. The van der Waals surface area contributed by atoms with Crippen molar-refractivity contribution in [2.75, 3.05) is 7.11 Å². The molecule has 170 valence electrons. The summed E-state index contributed by atoms with van der Waals surface area (Å²) >= 11 is 13.7. The zero-order valence-electron chi connectivity index (χ0n) is 19.1. The molecular weight excluding hydrogens is 460 g/mol. The van der Waals surface area contributed by atoms with Crippen molar-refractivity contribution in [3.63, 3.8) is 0 Å². The molecule has 1 aliphatic heterocycles. The highest BCUT2D eigenvalue weighted by Gasteiger charge is 2.52. The first-order valence-corrected chi connectivity index (χ1v) is 11.3. The van der Waals surface area contributed by atoms with Crippen LogP contribution in [-0.4, -0.2) is 36.7 Å². The van der Waals surface area contributed by atoms with Gasteiger partial charge in [0.2, 0.25) is 5.88 Å². The van der Waals surface area contributed by atoms with Crippen molar-refractivity contribution in [3.05, 3.63) is 64.1 Å². The Hall–Kier alpha value is -2.38. The van der Waals surface area contributed by atoms with Gasteiger partial charge in [-0.3, -0.25) is 4.79 Å². The van der Waals surface area contributed by atoms with Crippen molar-refractivity contribution in [2.45, 2.75) is 38.9 Å². The van der Waals surface area contributed by atoms with Gasteiger partial charge in [0.05, 0.1) is 34.6 Å². The molecule has 5 nitrogen and oxygen atoms in total. The van der Waals surface area contributed by atoms with E-state index in [2.05, 4.69) is 4.98 Å². The van der Waals surface area contributed by atoms with Crippen LogP contribution in [0.25, 0.3) is 22.4 Å². The molecule has 1 aliphatic rings. The highest BCUT2D eigenvalue weighted by Crippen LogP contribution is 2.41. The number of pyridine rings is 1. The average Bonchev–Trinajstić information content (AvgIpc) is 3.00. The third-order valence-corrected chi connectivity index (χ3v) is 7.14. The third-order valence-electron chi connectivity index (χ3n) is 6.31. The zero-order chi connectivity index (χ0) is 24.0. The van der Waals surface area contributed by atoms with Gasteiger partial charge in [0, 0.05) is 27.2 Å². The van der Waals surface area contributed by atoms with Gasteiger partial charge in [0.1, 0.15) is 0 Å². The summed E-state index contributed by atoms with van der Waals surface area (Å²) in [6, 6.07) is 14.8. The van der Waals surface area contributed by atoms with Gasteiger partial charge < -0.3 is 14.0 Å². The lowest BCUT2D eigenvalue weighted by Crippen LogP contribution is -2.41. The van der Waals surface area contributed by atoms with E-state index in [4.69, 9.17) is 37.2 Å². The molecule has 0 unspecified atom stereocenters. The minimum Gasteiger partial charge on any atom is -0.480 e. The number of ether oxygens (including phenoxy) is 1. The molecule has 0 atom stereocenters. The Labute approximate surface area is 204 Å². The molecule has 0 saturated carbocycles. The molecule has 1 saturated heterocycles. The lowest BCUT2D eigenvalue weighted by Gasteiger charge is -2.32. The molecule has 4 rings (SSSR count). The van der Waals surface area contributed by atoms with Crippen LogP contribution in [-0.2, 0) is 9.31 Å². The maximum atomic E-state index is 11.2. The standard InChI is InChI=1S/C25H24BCl2NO4/c1-24(2)25(3,4)33-26(32-24)19-11-7-9-17(22(19)28)16-8-6-10-18(21(16)27)20-13-12-15(14-30)23(29-20)31-5/h6-14H,1-5H3. The molecule has 0 radical (unpaired) electrons. The number of benzene rings is 2. The first-order valence-electron chi connectivity index (χ1n) is 10.5. The van der Waals surface area contributed by atoms with Crippen molar-refractivity contribution >= 4 is 42.1 Å². The van der Waals surface area contributed by atoms with Gasteiger partial charge >= 0.3 is 7.12 Å². The summed E-state index contributed by atoms with van der Waals surface area (Å²) in [6.07, 6.45) is 0.703. The van der Waals surface area contributed by atoms with E-state index in [9.17, 15) is 4.79 Å². The normalized spacial score (nSPS) is 16.6. The van der Waals surface area contributed by atoms with Crippen molar-refractivity contribution < 1.29 is 18.8 Å². The molecule has 1 fully saturated rings. The predicted octanol–water partition coefficient (Wildman–Crippen LogP) is 5.84. The molecule has 0 amide bonds. The number of methoxy groups -OCH3 is 1. The average molecular weight is 484 g/mol. The van der Waals surface area contributed by atoms with Crippen molar-refractivity contribution in [2.24, 2.45) is 0 Å². The number of carbonyl (C=O) groups excluding carboxylic acids is 1. The van der Waals surface area contributed by atoms with E-state index in [1.807, 2.05) is 64.1 Å². The number of aldehydes is 1. The maximum absolute atomic E-state index is 11.2. The molecule has 2 aromatic carbocycles. The monoisotopic (exact) mass is 483 g/mol. The van der Waals surface area contributed by atoms with Gasteiger partial charge in [-0.1, -0.05) is 59.6 Å². The largest absolute Gasteiger partial charge is 0.496 e.